The van der Waals surface area contributed by atoms with Gasteiger partial charge in [0.15, 0.2) is 6.54 Å². The first-order valence-corrected chi connectivity index (χ1v) is 8.48. The molecule has 1 heterocycles. The lowest BCUT2D eigenvalue weighted by atomic mass is 9.78. The Hall–Kier alpha value is -1.10. The van der Waals surface area contributed by atoms with Gasteiger partial charge in [-0.05, 0) is 38.0 Å². The molecule has 0 bridgehead atoms. The quantitative estimate of drug-likeness (QED) is 0.715. The van der Waals surface area contributed by atoms with Crippen LogP contribution in [0.25, 0.3) is 0 Å². The molecule has 0 aromatic heterocycles. The topological polar surface area (TPSA) is 62.6 Å². The van der Waals surface area contributed by atoms with Crippen molar-refractivity contribution in [1.82, 2.24) is 10.6 Å². The van der Waals surface area contributed by atoms with Crippen LogP contribution in [0.4, 0.5) is 4.79 Å². The Morgan fingerprint density at radius 2 is 1.86 bits per heavy atom. The van der Waals surface area contributed by atoms with E-state index in [-0.39, 0.29) is 11.9 Å². The van der Waals surface area contributed by atoms with Gasteiger partial charge in [-0.25, -0.2) is 4.79 Å². The average Bonchev–Trinajstić information content (AvgIpc) is 2.45. The van der Waals surface area contributed by atoms with Crippen molar-refractivity contribution in [2.24, 2.45) is 11.8 Å². The van der Waals surface area contributed by atoms with E-state index in [1.165, 1.54) is 43.4 Å². The van der Waals surface area contributed by atoms with Crippen LogP contribution < -0.4 is 15.5 Å². The number of amides is 3. The number of quaternary nitrogens is 1. The van der Waals surface area contributed by atoms with Crippen LogP contribution in [0, 0.1) is 11.8 Å². The molecular formula is C16H30N3O2+. The standard InChI is InChI=1S/C16H29N3O2/c1-12(2)10-17-16(21)18-15(20)11-19-9-5-7-13-6-3-4-8-14(13)19/h12-14H,3-11H2,1-2H3,(H2,17,18,20,21)/p+1/t13-,14-/m0/s1. The van der Waals surface area contributed by atoms with Gasteiger partial charge in [0.25, 0.3) is 5.91 Å². The molecule has 0 radical (unpaired) electrons. The van der Waals surface area contributed by atoms with Gasteiger partial charge in [-0.3, -0.25) is 10.1 Å². The van der Waals surface area contributed by atoms with Gasteiger partial charge in [0.2, 0.25) is 0 Å². The number of imide groups is 1. The number of rotatable bonds is 4. The molecule has 1 saturated heterocycles. The second-order valence-corrected chi connectivity index (χ2v) is 7.03. The van der Waals surface area contributed by atoms with Crippen LogP contribution in [0.1, 0.15) is 52.4 Å². The number of carbonyl (C=O) groups is 2. The number of likely N-dealkylation sites (tertiary alicyclic amines) is 1. The first-order valence-electron chi connectivity index (χ1n) is 8.48. The highest BCUT2D eigenvalue weighted by Gasteiger charge is 2.37. The van der Waals surface area contributed by atoms with E-state index < -0.39 is 0 Å². The Labute approximate surface area is 127 Å². The summed E-state index contributed by atoms with van der Waals surface area (Å²) in [6.07, 6.45) is 7.74. The summed E-state index contributed by atoms with van der Waals surface area (Å²) in [4.78, 5) is 25.1. The molecule has 0 aromatic carbocycles. The predicted molar refractivity (Wildman–Crippen MR) is 82.1 cm³/mol. The zero-order valence-electron chi connectivity index (χ0n) is 13.4. The maximum absolute atomic E-state index is 12.0. The Bertz CT molecular complexity index is 369. The number of piperidine rings is 1. The molecule has 2 fully saturated rings. The fraction of sp³-hybridized carbons (Fsp3) is 0.875. The molecule has 0 spiro atoms. The Morgan fingerprint density at radius 3 is 2.62 bits per heavy atom. The van der Waals surface area contributed by atoms with E-state index in [4.69, 9.17) is 0 Å². The highest BCUT2D eigenvalue weighted by atomic mass is 16.2. The third-order valence-electron chi connectivity index (χ3n) is 4.82. The Kier molecular flexibility index (Phi) is 6.03. The molecule has 3 atom stereocenters. The normalized spacial score (nSPS) is 28.8. The number of hydrogen-bond acceptors (Lipinski definition) is 2. The van der Waals surface area contributed by atoms with Crippen LogP contribution in [0.3, 0.4) is 0 Å². The van der Waals surface area contributed by atoms with Crippen molar-refractivity contribution in [3.05, 3.63) is 0 Å². The van der Waals surface area contributed by atoms with E-state index in [2.05, 4.69) is 10.6 Å². The molecule has 21 heavy (non-hydrogen) atoms. The number of fused-ring (bicyclic) bond motifs is 1. The minimum Gasteiger partial charge on any atom is -0.338 e. The summed E-state index contributed by atoms with van der Waals surface area (Å²) in [5.41, 5.74) is 0. The van der Waals surface area contributed by atoms with Gasteiger partial charge in [-0.2, -0.15) is 0 Å². The number of carbonyl (C=O) groups excluding carboxylic acids is 2. The van der Waals surface area contributed by atoms with Gasteiger partial charge in [0, 0.05) is 12.5 Å². The van der Waals surface area contributed by atoms with E-state index in [0.29, 0.717) is 25.0 Å². The SMILES string of the molecule is CC(C)CNC(=O)NC(=O)C[NH+]1CCC[C@@H]2CCCC[C@@H]21. The molecule has 1 saturated carbocycles. The van der Waals surface area contributed by atoms with Crippen molar-refractivity contribution in [3.63, 3.8) is 0 Å². The van der Waals surface area contributed by atoms with E-state index >= 15 is 0 Å². The fourth-order valence-corrected chi connectivity index (χ4v) is 3.80. The average molecular weight is 296 g/mol. The zero-order valence-corrected chi connectivity index (χ0v) is 13.4. The van der Waals surface area contributed by atoms with Gasteiger partial charge in [-0.1, -0.05) is 20.3 Å². The Morgan fingerprint density at radius 1 is 1.14 bits per heavy atom. The first-order chi connectivity index (χ1) is 10.1. The number of nitrogens with one attached hydrogen (secondary N) is 3. The molecular weight excluding hydrogens is 266 g/mol. The molecule has 5 heteroatoms. The smallest absolute Gasteiger partial charge is 0.321 e. The van der Waals surface area contributed by atoms with E-state index in [9.17, 15) is 9.59 Å². The van der Waals surface area contributed by atoms with Gasteiger partial charge in [0.1, 0.15) is 0 Å². The lowest BCUT2D eigenvalue weighted by Gasteiger charge is -2.40. The first kappa shape index (κ1) is 16.3. The van der Waals surface area contributed by atoms with Crippen molar-refractivity contribution in [2.45, 2.75) is 58.4 Å². The van der Waals surface area contributed by atoms with Crippen LogP contribution >= 0.6 is 0 Å². The lowest BCUT2D eigenvalue weighted by molar-refractivity contribution is -0.928. The third kappa shape index (κ3) is 4.99. The molecule has 3 amide bonds. The molecule has 2 rings (SSSR count). The van der Waals surface area contributed by atoms with Gasteiger partial charge in [0.05, 0.1) is 12.6 Å². The molecule has 2 aliphatic rings. The van der Waals surface area contributed by atoms with Crippen molar-refractivity contribution in [3.8, 4) is 0 Å². The van der Waals surface area contributed by atoms with Crippen molar-refractivity contribution in [2.75, 3.05) is 19.6 Å². The monoisotopic (exact) mass is 296 g/mol. The second kappa shape index (κ2) is 7.78. The van der Waals surface area contributed by atoms with Crippen LogP contribution in [0.15, 0.2) is 0 Å². The molecule has 120 valence electrons. The number of hydrogen-bond donors (Lipinski definition) is 3. The summed E-state index contributed by atoms with van der Waals surface area (Å²) in [6, 6.07) is 0.280. The van der Waals surface area contributed by atoms with E-state index in [0.717, 1.165) is 12.5 Å². The van der Waals surface area contributed by atoms with Crippen LogP contribution in [-0.2, 0) is 4.79 Å². The summed E-state index contributed by atoms with van der Waals surface area (Å²) < 4.78 is 0. The zero-order chi connectivity index (χ0) is 15.2. The van der Waals surface area contributed by atoms with Crippen LogP contribution in [0.2, 0.25) is 0 Å². The second-order valence-electron chi connectivity index (χ2n) is 7.03. The van der Waals surface area contributed by atoms with Crippen LogP contribution in [0.5, 0.6) is 0 Å². The largest absolute Gasteiger partial charge is 0.338 e. The highest BCUT2D eigenvalue weighted by molar-refractivity contribution is 5.94. The van der Waals surface area contributed by atoms with Crippen LogP contribution in [-0.4, -0.2) is 37.6 Å². The van der Waals surface area contributed by atoms with Gasteiger partial charge in [-0.15, -0.1) is 0 Å². The van der Waals surface area contributed by atoms with Gasteiger partial charge < -0.3 is 10.2 Å². The minimum absolute atomic E-state index is 0.141. The molecule has 1 aliphatic carbocycles. The third-order valence-corrected chi connectivity index (χ3v) is 4.82. The Balaban J connectivity index is 1.77. The summed E-state index contributed by atoms with van der Waals surface area (Å²) in [5.74, 6) is 1.05. The molecule has 5 nitrogen and oxygen atoms in total. The molecule has 1 unspecified atom stereocenters. The van der Waals surface area contributed by atoms with E-state index in [1.54, 1.807) is 0 Å². The summed E-state index contributed by atoms with van der Waals surface area (Å²) in [5, 5.41) is 5.19. The number of urea groups is 1. The van der Waals surface area contributed by atoms with Gasteiger partial charge >= 0.3 is 6.03 Å². The van der Waals surface area contributed by atoms with Crippen molar-refractivity contribution < 1.29 is 14.5 Å². The maximum atomic E-state index is 12.0. The van der Waals surface area contributed by atoms with E-state index in [1.807, 2.05) is 13.8 Å². The molecule has 3 N–H and O–H groups in total. The minimum atomic E-state index is -0.356. The predicted octanol–water partition coefficient (Wildman–Crippen LogP) is 0.706. The fourth-order valence-electron chi connectivity index (χ4n) is 3.80. The van der Waals surface area contributed by atoms with Crippen molar-refractivity contribution >= 4 is 11.9 Å². The summed E-state index contributed by atoms with van der Waals surface area (Å²) in [6.45, 7) is 6.17. The molecule has 0 aromatic rings. The molecule has 1 aliphatic heterocycles. The highest BCUT2D eigenvalue weighted by Crippen LogP contribution is 2.28. The maximum Gasteiger partial charge on any atom is 0.321 e. The lowest BCUT2D eigenvalue weighted by Crippen LogP contribution is -3.18. The summed E-state index contributed by atoms with van der Waals surface area (Å²) in [7, 11) is 0. The van der Waals surface area contributed by atoms with Crippen molar-refractivity contribution in [1.29, 1.82) is 0 Å². The summed E-state index contributed by atoms with van der Waals surface area (Å²) >= 11 is 0.